The molecule has 0 heterocycles. The first-order valence-corrected chi connectivity index (χ1v) is 8.61. The van der Waals surface area contributed by atoms with Gasteiger partial charge >= 0.3 is 5.97 Å². The summed E-state index contributed by atoms with van der Waals surface area (Å²) in [5, 5.41) is 0. The smallest absolute Gasteiger partial charge is 0.315 e. The van der Waals surface area contributed by atoms with Gasteiger partial charge in [0.1, 0.15) is 0 Å². The molecule has 0 fully saturated rings. The summed E-state index contributed by atoms with van der Waals surface area (Å²) in [6.07, 6.45) is 12.1. The van der Waals surface area contributed by atoms with E-state index in [0.717, 1.165) is 17.6 Å². The summed E-state index contributed by atoms with van der Waals surface area (Å²) in [4.78, 5) is 11.7. The van der Waals surface area contributed by atoms with E-state index in [9.17, 15) is 4.79 Å². The first-order valence-electron chi connectivity index (χ1n) is 8.61. The molecule has 0 amide bonds. The summed E-state index contributed by atoms with van der Waals surface area (Å²) >= 11 is 0. The zero-order chi connectivity index (χ0) is 16.0. The quantitative estimate of drug-likeness (QED) is 0.292. The van der Waals surface area contributed by atoms with Crippen LogP contribution in [0, 0.1) is 0 Å². The normalized spacial score (nSPS) is 11.5. The second kappa shape index (κ2) is 12.0. The third-order valence-electron chi connectivity index (χ3n) is 3.76. The number of hydrogen-bond donors (Lipinski definition) is 0. The van der Waals surface area contributed by atoms with Crippen LogP contribution in [0.3, 0.4) is 0 Å². The highest BCUT2D eigenvalue weighted by atomic mass is 16.5. The maximum absolute atomic E-state index is 11.7. The maximum Gasteiger partial charge on any atom is 0.315 e. The molecule has 1 rings (SSSR count). The van der Waals surface area contributed by atoms with Crippen molar-refractivity contribution in [3.05, 3.63) is 47.7 Å². The lowest BCUT2D eigenvalue weighted by Crippen LogP contribution is -2.04. The van der Waals surface area contributed by atoms with Gasteiger partial charge in [0, 0.05) is 0 Å². The Morgan fingerprint density at radius 3 is 2.32 bits per heavy atom. The topological polar surface area (TPSA) is 26.3 Å². The number of allylic oxidation sites excluding steroid dienone is 1. The van der Waals surface area contributed by atoms with Crippen molar-refractivity contribution in [2.45, 2.75) is 71.6 Å². The summed E-state index contributed by atoms with van der Waals surface area (Å²) in [6, 6.07) is 9.70. The van der Waals surface area contributed by atoms with E-state index >= 15 is 0 Å². The molecule has 0 aliphatic heterocycles. The molecule has 0 N–H and O–H groups in total. The van der Waals surface area contributed by atoms with E-state index in [1.165, 1.54) is 44.9 Å². The zero-order valence-electron chi connectivity index (χ0n) is 14.1. The molecule has 0 aliphatic rings. The van der Waals surface area contributed by atoms with Crippen molar-refractivity contribution in [3.8, 4) is 0 Å². The highest BCUT2D eigenvalue weighted by molar-refractivity contribution is 5.73. The van der Waals surface area contributed by atoms with E-state index in [1.807, 2.05) is 37.3 Å². The molecule has 0 bridgehead atoms. The number of unbranched alkanes of at least 4 members (excludes halogenated alkanes) is 6. The van der Waals surface area contributed by atoms with Gasteiger partial charge in [0.2, 0.25) is 0 Å². The molecule has 0 saturated carbocycles. The minimum absolute atomic E-state index is 0.190. The SMILES string of the molecule is CCCCCCCCC/C(C)=C/OC(=O)Cc1ccccc1. The number of carbonyl (C=O) groups excluding carboxylic acids is 1. The van der Waals surface area contributed by atoms with Gasteiger partial charge in [-0.25, -0.2) is 0 Å². The summed E-state index contributed by atoms with van der Waals surface area (Å²) in [6.45, 7) is 4.28. The van der Waals surface area contributed by atoms with Gasteiger partial charge in [-0.1, -0.05) is 75.8 Å². The number of ether oxygens (including phenoxy) is 1. The van der Waals surface area contributed by atoms with E-state index in [-0.39, 0.29) is 5.97 Å². The number of esters is 1. The lowest BCUT2D eigenvalue weighted by atomic mass is 10.1. The molecule has 0 radical (unpaired) electrons. The Morgan fingerprint density at radius 1 is 1.00 bits per heavy atom. The average Bonchev–Trinajstić information content (AvgIpc) is 2.53. The second-order valence-corrected chi connectivity index (χ2v) is 5.99. The minimum Gasteiger partial charge on any atom is -0.434 e. The van der Waals surface area contributed by atoms with Gasteiger partial charge < -0.3 is 4.74 Å². The van der Waals surface area contributed by atoms with Crippen LogP contribution < -0.4 is 0 Å². The van der Waals surface area contributed by atoms with Crippen molar-refractivity contribution in [2.75, 3.05) is 0 Å². The fraction of sp³-hybridized carbons (Fsp3) is 0.550. The largest absolute Gasteiger partial charge is 0.434 e. The van der Waals surface area contributed by atoms with E-state index in [4.69, 9.17) is 4.74 Å². The van der Waals surface area contributed by atoms with Crippen LogP contribution in [0.4, 0.5) is 0 Å². The molecule has 1 aromatic rings. The van der Waals surface area contributed by atoms with Crippen LogP contribution in [0.15, 0.2) is 42.2 Å². The maximum atomic E-state index is 11.7. The predicted octanol–water partition coefficient (Wildman–Crippen LogP) is 5.82. The second-order valence-electron chi connectivity index (χ2n) is 5.99. The number of benzene rings is 1. The third kappa shape index (κ3) is 9.38. The van der Waals surface area contributed by atoms with Gasteiger partial charge in [-0.3, -0.25) is 4.79 Å². The highest BCUT2D eigenvalue weighted by Gasteiger charge is 2.03. The molecular formula is C20H30O2. The third-order valence-corrected chi connectivity index (χ3v) is 3.76. The van der Waals surface area contributed by atoms with Gasteiger partial charge in [-0.2, -0.15) is 0 Å². The van der Waals surface area contributed by atoms with Crippen molar-refractivity contribution in [3.63, 3.8) is 0 Å². The molecular weight excluding hydrogens is 272 g/mol. The summed E-state index contributed by atoms with van der Waals surface area (Å²) in [5.41, 5.74) is 2.14. The molecule has 0 unspecified atom stereocenters. The fourth-order valence-electron chi connectivity index (χ4n) is 2.39. The summed E-state index contributed by atoms with van der Waals surface area (Å²) in [5.74, 6) is -0.190. The van der Waals surface area contributed by atoms with Gasteiger partial charge in [0.25, 0.3) is 0 Å². The van der Waals surface area contributed by atoms with Gasteiger partial charge in [-0.15, -0.1) is 0 Å². The molecule has 0 atom stereocenters. The number of hydrogen-bond acceptors (Lipinski definition) is 2. The first-order chi connectivity index (χ1) is 10.7. The predicted molar refractivity (Wildman–Crippen MR) is 92.6 cm³/mol. The summed E-state index contributed by atoms with van der Waals surface area (Å²) in [7, 11) is 0. The van der Waals surface area contributed by atoms with E-state index < -0.39 is 0 Å². The van der Waals surface area contributed by atoms with Gasteiger partial charge in [0.15, 0.2) is 0 Å². The van der Waals surface area contributed by atoms with Crippen molar-refractivity contribution < 1.29 is 9.53 Å². The molecule has 1 aromatic carbocycles. The van der Waals surface area contributed by atoms with E-state index in [2.05, 4.69) is 6.92 Å². The van der Waals surface area contributed by atoms with Gasteiger partial charge in [0.05, 0.1) is 12.7 Å². The Labute approximate surface area is 135 Å². The van der Waals surface area contributed by atoms with Crippen molar-refractivity contribution >= 4 is 5.97 Å². The monoisotopic (exact) mass is 302 g/mol. The van der Waals surface area contributed by atoms with Crippen LogP contribution in [-0.2, 0) is 16.0 Å². The molecule has 2 nitrogen and oxygen atoms in total. The summed E-state index contributed by atoms with van der Waals surface area (Å²) < 4.78 is 5.22. The Hall–Kier alpha value is -1.57. The zero-order valence-corrected chi connectivity index (χ0v) is 14.1. The molecule has 0 spiro atoms. The Kier molecular flexibility index (Phi) is 10.1. The average molecular weight is 302 g/mol. The standard InChI is InChI=1S/C20H30O2/c1-3-4-5-6-7-8-10-13-18(2)17-22-20(21)16-19-14-11-9-12-15-19/h9,11-12,14-15,17H,3-8,10,13,16H2,1-2H3/b18-17+. The van der Waals surface area contributed by atoms with Gasteiger partial charge in [-0.05, 0) is 30.9 Å². The number of carbonyl (C=O) groups is 1. The van der Waals surface area contributed by atoms with Crippen LogP contribution in [0.2, 0.25) is 0 Å². The lowest BCUT2D eigenvalue weighted by molar-refractivity contribution is -0.137. The minimum atomic E-state index is -0.190. The van der Waals surface area contributed by atoms with Crippen LogP contribution in [0.5, 0.6) is 0 Å². The fourth-order valence-corrected chi connectivity index (χ4v) is 2.39. The van der Waals surface area contributed by atoms with Crippen molar-refractivity contribution in [1.29, 1.82) is 0 Å². The Bertz CT molecular complexity index is 434. The molecule has 0 aliphatic carbocycles. The van der Waals surface area contributed by atoms with Crippen molar-refractivity contribution in [2.24, 2.45) is 0 Å². The van der Waals surface area contributed by atoms with Crippen LogP contribution in [0.25, 0.3) is 0 Å². The van der Waals surface area contributed by atoms with E-state index in [1.54, 1.807) is 6.26 Å². The Morgan fingerprint density at radius 2 is 1.64 bits per heavy atom. The van der Waals surface area contributed by atoms with Crippen LogP contribution in [-0.4, -0.2) is 5.97 Å². The molecule has 0 aromatic heterocycles. The van der Waals surface area contributed by atoms with E-state index in [0.29, 0.717) is 6.42 Å². The molecule has 0 saturated heterocycles. The first kappa shape index (κ1) is 18.5. The lowest BCUT2D eigenvalue weighted by Gasteiger charge is -2.04. The van der Waals surface area contributed by atoms with Crippen molar-refractivity contribution in [1.82, 2.24) is 0 Å². The molecule has 122 valence electrons. The number of rotatable bonds is 11. The Balaban J connectivity index is 2.10. The molecule has 2 heteroatoms. The van der Waals surface area contributed by atoms with Crippen LogP contribution >= 0.6 is 0 Å². The highest BCUT2D eigenvalue weighted by Crippen LogP contribution is 2.12. The molecule has 22 heavy (non-hydrogen) atoms. The van der Waals surface area contributed by atoms with Crippen LogP contribution in [0.1, 0.15) is 70.8 Å².